The van der Waals surface area contributed by atoms with Gasteiger partial charge in [0.15, 0.2) is 5.17 Å². The van der Waals surface area contributed by atoms with Gasteiger partial charge in [0.05, 0.1) is 24.4 Å². The van der Waals surface area contributed by atoms with Crippen LogP contribution in [0.4, 0.5) is 5.69 Å². The minimum atomic E-state index is -0.0350. The number of aryl methyl sites for hydroxylation is 1. The van der Waals surface area contributed by atoms with Crippen LogP contribution in [-0.4, -0.2) is 45.6 Å². The molecule has 0 spiro atoms. The van der Waals surface area contributed by atoms with Gasteiger partial charge in [0.1, 0.15) is 11.9 Å². The molecule has 1 amide bonds. The molecule has 0 aliphatic carbocycles. The number of thioether (sulfide) groups is 1. The number of carbonyl (C=O) groups is 1. The van der Waals surface area contributed by atoms with Crippen molar-refractivity contribution in [1.29, 1.82) is 0 Å². The van der Waals surface area contributed by atoms with Crippen molar-refractivity contribution in [1.82, 2.24) is 20.8 Å². The summed E-state index contributed by atoms with van der Waals surface area (Å²) in [6.07, 6.45) is 7.24. The first-order valence-corrected chi connectivity index (χ1v) is 13.6. The first kappa shape index (κ1) is 24.5. The molecule has 8 nitrogen and oxygen atoms in total. The molecule has 0 saturated carbocycles. The second-order valence-electron chi connectivity index (χ2n) is 9.42. The summed E-state index contributed by atoms with van der Waals surface area (Å²) >= 11 is 1.45. The molecule has 0 bridgehead atoms. The number of nitrogens with one attached hydrogen (secondary N) is 3. The summed E-state index contributed by atoms with van der Waals surface area (Å²) in [7, 11) is 0. The van der Waals surface area contributed by atoms with E-state index in [0.29, 0.717) is 5.75 Å². The molecular formula is C27H34N6O2S. The second kappa shape index (κ2) is 10.8. The number of carbonyl (C=O) groups excluding carboxylic acids is 1. The Labute approximate surface area is 217 Å². The van der Waals surface area contributed by atoms with Crippen molar-refractivity contribution >= 4 is 28.5 Å². The molecule has 0 aromatic heterocycles. The van der Waals surface area contributed by atoms with Crippen LogP contribution in [-0.2, 0) is 4.79 Å². The topological polar surface area (TPSA) is 81.2 Å². The minimum Gasteiger partial charge on any atom is -0.494 e. The van der Waals surface area contributed by atoms with Crippen LogP contribution >= 0.6 is 11.8 Å². The first-order chi connectivity index (χ1) is 17.5. The van der Waals surface area contributed by atoms with Gasteiger partial charge in [-0.05, 0) is 61.6 Å². The number of benzene rings is 2. The van der Waals surface area contributed by atoms with Crippen LogP contribution in [0.15, 0.2) is 60.0 Å². The van der Waals surface area contributed by atoms with Crippen LogP contribution < -0.4 is 20.9 Å². The molecule has 2 aromatic carbocycles. The van der Waals surface area contributed by atoms with Crippen LogP contribution in [0.1, 0.15) is 48.9 Å². The molecule has 0 radical (unpaired) electrons. The standard InChI is InChI=1S/C27H34N6O2S/c1-4-5-15-35-21-11-9-20(10-12-21)23-16-24-26-29-30-27(32(26)13-14-33(24)31-23)36-17-25(34)28-22-8-6-7-18(2)19(22)3/h6-14,23-24,26,29,31H,4-5,15-17H2,1-3H3,(H,28,34). The van der Waals surface area contributed by atoms with E-state index >= 15 is 0 Å². The highest BCUT2D eigenvalue weighted by Crippen LogP contribution is 2.35. The summed E-state index contributed by atoms with van der Waals surface area (Å²) in [5, 5.41) is 10.6. The van der Waals surface area contributed by atoms with Gasteiger partial charge < -0.3 is 20.0 Å². The SMILES string of the molecule is CCCCOc1ccc(C2CC3C4NN=C(SCC(=O)Nc5cccc(C)c5C)N4C=CN3N2)cc1. The van der Waals surface area contributed by atoms with Crippen LogP contribution in [0.25, 0.3) is 0 Å². The number of fused-ring (bicyclic) bond motifs is 3. The Morgan fingerprint density at radius 1 is 1.19 bits per heavy atom. The smallest absolute Gasteiger partial charge is 0.234 e. The second-order valence-corrected chi connectivity index (χ2v) is 10.4. The van der Waals surface area contributed by atoms with E-state index in [1.807, 2.05) is 38.2 Å². The lowest BCUT2D eigenvalue weighted by Gasteiger charge is -2.36. The van der Waals surface area contributed by atoms with Crippen molar-refractivity contribution in [3.63, 3.8) is 0 Å². The lowest BCUT2D eigenvalue weighted by Crippen LogP contribution is -2.54. The fraction of sp³-hybridized carbons (Fsp3) is 0.407. The largest absolute Gasteiger partial charge is 0.494 e. The molecule has 190 valence electrons. The summed E-state index contributed by atoms with van der Waals surface area (Å²) < 4.78 is 5.81. The zero-order chi connectivity index (χ0) is 25.1. The van der Waals surface area contributed by atoms with Crippen LogP contribution in [0.2, 0.25) is 0 Å². The quantitative estimate of drug-likeness (QED) is 0.456. The molecule has 2 aromatic rings. The molecule has 5 rings (SSSR count). The number of hydrogen-bond donors (Lipinski definition) is 3. The first-order valence-electron chi connectivity index (χ1n) is 12.6. The number of nitrogens with zero attached hydrogens (tertiary/aromatic N) is 3. The summed E-state index contributed by atoms with van der Waals surface area (Å²) in [5.74, 6) is 1.18. The molecule has 3 N–H and O–H groups in total. The maximum Gasteiger partial charge on any atom is 0.234 e. The average Bonchev–Trinajstić information content (AvgIpc) is 3.50. The Morgan fingerprint density at radius 3 is 2.83 bits per heavy atom. The minimum absolute atomic E-state index is 0.0220. The van der Waals surface area contributed by atoms with E-state index in [9.17, 15) is 4.79 Å². The van der Waals surface area contributed by atoms with Crippen molar-refractivity contribution in [3.05, 3.63) is 71.6 Å². The highest BCUT2D eigenvalue weighted by molar-refractivity contribution is 8.14. The molecule has 3 unspecified atom stereocenters. The van der Waals surface area contributed by atoms with Crippen molar-refractivity contribution in [2.24, 2.45) is 5.10 Å². The maximum absolute atomic E-state index is 12.6. The molecular weight excluding hydrogens is 472 g/mol. The van der Waals surface area contributed by atoms with Crippen molar-refractivity contribution in [3.8, 4) is 5.75 Å². The molecule has 1 fully saturated rings. The van der Waals surface area contributed by atoms with E-state index < -0.39 is 0 Å². The van der Waals surface area contributed by atoms with E-state index in [-0.39, 0.29) is 24.2 Å². The van der Waals surface area contributed by atoms with Gasteiger partial charge in [0.2, 0.25) is 5.91 Å². The van der Waals surface area contributed by atoms with Gasteiger partial charge in [-0.25, -0.2) is 5.43 Å². The molecule has 1 saturated heterocycles. The molecule has 3 aliphatic heterocycles. The van der Waals surface area contributed by atoms with E-state index in [0.717, 1.165) is 53.6 Å². The van der Waals surface area contributed by atoms with Crippen molar-refractivity contribution in [2.45, 2.75) is 58.3 Å². The monoisotopic (exact) mass is 506 g/mol. The molecule has 3 heterocycles. The Kier molecular flexibility index (Phi) is 7.38. The van der Waals surface area contributed by atoms with Gasteiger partial charge in [0, 0.05) is 18.1 Å². The van der Waals surface area contributed by atoms with Crippen molar-refractivity contribution < 1.29 is 9.53 Å². The van der Waals surface area contributed by atoms with E-state index in [4.69, 9.17) is 4.74 Å². The number of hydrazone groups is 1. The number of amidine groups is 1. The number of hydrazine groups is 1. The average molecular weight is 507 g/mol. The third-order valence-corrected chi connectivity index (χ3v) is 7.93. The lowest BCUT2D eigenvalue weighted by atomic mass is 10.00. The highest BCUT2D eigenvalue weighted by atomic mass is 32.2. The van der Waals surface area contributed by atoms with Crippen LogP contribution in [0.5, 0.6) is 5.75 Å². The zero-order valence-electron chi connectivity index (χ0n) is 21.0. The summed E-state index contributed by atoms with van der Waals surface area (Å²) in [5.41, 5.74) is 11.3. The predicted octanol–water partition coefficient (Wildman–Crippen LogP) is 4.46. The number of amides is 1. The molecule has 3 aliphatic rings. The number of anilines is 1. The normalized spacial score (nSPS) is 22.1. The van der Waals surface area contributed by atoms with E-state index in [1.54, 1.807) is 0 Å². The Morgan fingerprint density at radius 2 is 2.03 bits per heavy atom. The Bertz CT molecular complexity index is 1150. The highest BCUT2D eigenvalue weighted by Gasteiger charge is 2.44. The number of rotatable bonds is 8. The fourth-order valence-corrected chi connectivity index (χ4v) is 5.47. The van der Waals surface area contributed by atoms with E-state index in [1.165, 1.54) is 17.3 Å². The maximum atomic E-state index is 12.6. The predicted molar refractivity (Wildman–Crippen MR) is 145 cm³/mol. The molecule has 9 heteroatoms. The Hall–Kier alpha value is -3.17. The van der Waals surface area contributed by atoms with Gasteiger partial charge in [-0.1, -0.05) is 49.4 Å². The lowest BCUT2D eigenvalue weighted by molar-refractivity contribution is -0.113. The molecule has 3 atom stereocenters. The molecule has 36 heavy (non-hydrogen) atoms. The summed E-state index contributed by atoms with van der Waals surface area (Å²) in [6, 6.07) is 14.8. The van der Waals surface area contributed by atoms with Gasteiger partial charge in [-0.2, -0.15) is 5.10 Å². The van der Waals surface area contributed by atoms with Crippen LogP contribution in [0, 0.1) is 13.8 Å². The van der Waals surface area contributed by atoms with Gasteiger partial charge in [-0.3, -0.25) is 10.2 Å². The van der Waals surface area contributed by atoms with Crippen molar-refractivity contribution in [2.75, 3.05) is 17.7 Å². The number of ether oxygens (including phenoxy) is 1. The zero-order valence-corrected chi connectivity index (χ0v) is 21.8. The summed E-state index contributed by atoms with van der Waals surface area (Å²) in [6.45, 7) is 7.00. The number of unbranched alkanes of at least 4 members (excludes halogenated alkanes) is 1. The number of hydrogen-bond acceptors (Lipinski definition) is 8. The van der Waals surface area contributed by atoms with Gasteiger partial charge in [0.25, 0.3) is 0 Å². The van der Waals surface area contributed by atoms with Gasteiger partial charge in [-0.15, -0.1) is 0 Å². The third kappa shape index (κ3) is 5.17. The van der Waals surface area contributed by atoms with Crippen LogP contribution in [0.3, 0.4) is 0 Å². The Balaban J connectivity index is 1.15. The van der Waals surface area contributed by atoms with E-state index in [2.05, 4.69) is 68.6 Å². The fourth-order valence-electron chi connectivity index (χ4n) is 4.70. The third-order valence-electron chi connectivity index (χ3n) is 6.96. The van der Waals surface area contributed by atoms with Gasteiger partial charge >= 0.3 is 0 Å². The summed E-state index contributed by atoms with van der Waals surface area (Å²) in [4.78, 5) is 14.7.